The third kappa shape index (κ3) is 7.19. The van der Waals surface area contributed by atoms with Crippen LogP contribution in [0.1, 0.15) is 13.3 Å². The van der Waals surface area contributed by atoms with Gasteiger partial charge in [-0.1, -0.05) is 0 Å². The molecule has 8 heteroatoms. The van der Waals surface area contributed by atoms with Gasteiger partial charge in [0.25, 0.3) is 0 Å². The first-order chi connectivity index (χ1) is 11.6. The fourth-order valence-corrected chi connectivity index (χ4v) is 2.59. The smallest absolute Gasteiger partial charge is 0.307 e. The van der Waals surface area contributed by atoms with E-state index >= 15 is 0 Å². The van der Waals surface area contributed by atoms with Gasteiger partial charge in [0.2, 0.25) is 5.91 Å². The Hall–Kier alpha value is -1.99. The standard InChI is InChI=1S/C17H24N2O5.ClH/c1-2-23-14-3-5-15(6-4-14)24-10-8-18-16(20)12-19-9-7-13(11-19)17(21)22;/h3-6,13H,2,7-12H2,1H3,(H,18,20)(H,21,22);1H. The molecule has 1 heterocycles. The minimum atomic E-state index is -0.790. The first kappa shape index (κ1) is 21.1. The van der Waals surface area contributed by atoms with Crippen molar-refractivity contribution in [3.05, 3.63) is 24.3 Å². The molecule has 2 N–H and O–H groups in total. The van der Waals surface area contributed by atoms with Crippen molar-refractivity contribution in [2.24, 2.45) is 5.92 Å². The maximum Gasteiger partial charge on any atom is 0.307 e. The Labute approximate surface area is 153 Å². The van der Waals surface area contributed by atoms with Crippen molar-refractivity contribution in [2.75, 3.05) is 39.4 Å². The number of ether oxygens (including phenoxy) is 2. The number of hydrogen-bond donors (Lipinski definition) is 2. The molecule has 1 aromatic rings. The van der Waals surface area contributed by atoms with Crippen LogP contribution in [0.2, 0.25) is 0 Å². The first-order valence-electron chi connectivity index (χ1n) is 8.16. The van der Waals surface area contributed by atoms with Crippen molar-refractivity contribution >= 4 is 24.3 Å². The van der Waals surface area contributed by atoms with E-state index in [4.69, 9.17) is 14.6 Å². The molecule has 0 bridgehead atoms. The number of carboxylic acid groups (broad SMARTS) is 1. The molecule has 1 aromatic carbocycles. The normalized spacial score (nSPS) is 16.8. The number of hydrogen-bond acceptors (Lipinski definition) is 5. The number of nitrogens with zero attached hydrogens (tertiary/aromatic N) is 1. The van der Waals surface area contributed by atoms with Crippen molar-refractivity contribution in [2.45, 2.75) is 13.3 Å². The number of carbonyl (C=O) groups is 2. The predicted molar refractivity (Wildman–Crippen MR) is 95.5 cm³/mol. The number of benzene rings is 1. The van der Waals surface area contributed by atoms with Crippen LogP contribution in [0.4, 0.5) is 0 Å². The van der Waals surface area contributed by atoms with E-state index in [1.807, 2.05) is 36.1 Å². The lowest BCUT2D eigenvalue weighted by Gasteiger charge is -2.15. The highest BCUT2D eigenvalue weighted by molar-refractivity contribution is 5.85. The molecule has 0 saturated carbocycles. The summed E-state index contributed by atoms with van der Waals surface area (Å²) in [6.45, 7) is 4.64. The van der Waals surface area contributed by atoms with Gasteiger partial charge in [-0.3, -0.25) is 14.5 Å². The molecular weight excluding hydrogens is 348 g/mol. The highest BCUT2D eigenvalue weighted by atomic mass is 35.5. The van der Waals surface area contributed by atoms with Crippen LogP contribution in [0.3, 0.4) is 0 Å². The molecule has 0 aliphatic carbocycles. The summed E-state index contributed by atoms with van der Waals surface area (Å²) >= 11 is 0. The number of carboxylic acids is 1. The summed E-state index contributed by atoms with van der Waals surface area (Å²) in [7, 11) is 0. The van der Waals surface area contributed by atoms with Crippen molar-refractivity contribution in [3.63, 3.8) is 0 Å². The Kier molecular flexibility index (Phi) is 9.08. The lowest BCUT2D eigenvalue weighted by Crippen LogP contribution is -2.38. The third-order valence-corrected chi connectivity index (χ3v) is 3.82. The monoisotopic (exact) mass is 372 g/mol. The summed E-state index contributed by atoms with van der Waals surface area (Å²) < 4.78 is 10.9. The second kappa shape index (κ2) is 10.8. The van der Waals surface area contributed by atoms with Crippen LogP contribution in [0.25, 0.3) is 0 Å². The molecule has 25 heavy (non-hydrogen) atoms. The summed E-state index contributed by atoms with van der Waals surface area (Å²) in [6.07, 6.45) is 0.601. The summed E-state index contributed by atoms with van der Waals surface area (Å²) in [4.78, 5) is 24.6. The van der Waals surface area contributed by atoms with Crippen LogP contribution in [0, 0.1) is 5.92 Å². The van der Waals surface area contributed by atoms with Gasteiger partial charge in [0.1, 0.15) is 18.1 Å². The predicted octanol–water partition coefficient (Wildman–Crippen LogP) is 1.41. The molecule has 1 saturated heterocycles. The highest BCUT2D eigenvalue weighted by Crippen LogP contribution is 2.17. The van der Waals surface area contributed by atoms with Crippen LogP contribution < -0.4 is 14.8 Å². The lowest BCUT2D eigenvalue weighted by molar-refractivity contribution is -0.141. The maximum atomic E-state index is 11.8. The summed E-state index contributed by atoms with van der Waals surface area (Å²) in [6, 6.07) is 7.32. The number of likely N-dealkylation sites (tertiary alicyclic amines) is 1. The molecule has 1 aliphatic rings. The topological polar surface area (TPSA) is 88.1 Å². The average molecular weight is 373 g/mol. The Morgan fingerprint density at radius 1 is 1.24 bits per heavy atom. The van der Waals surface area contributed by atoms with E-state index in [-0.39, 0.29) is 30.8 Å². The van der Waals surface area contributed by atoms with Crippen molar-refractivity contribution in [3.8, 4) is 11.5 Å². The van der Waals surface area contributed by atoms with E-state index in [0.717, 1.165) is 11.5 Å². The average Bonchev–Trinajstić information content (AvgIpc) is 3.02. The van der Waals surface area contributed by atoms with Crippen molar-refractivity contribution in [1.82, 2.24) is 10.2 Å². The summed E-state index contributed by atoms with van der Waals surface area (Å²) in [5.74, 6) is 0.249. The zero-order valence-corrected chi connectivity index (χ0v) is 15.1. The van der Waals surface area contributed by atoms with Gasteiger partial charge in [0, 0.05) is 6.54 Å². The van der Waals surface area contributed by atoms with Gasteiger partial charge in [-0.25, -0.2) is 0 Å². The highest BCUT2D eigenvalue weighted by Gasteiger charge is 2.28. The Balaban J connectivity index is 0.00000312. The summed E-state index contributed by atoms with van der Waals surface area (Å²) in [5, 5.41) is 11.7. The Morgan fingerprint density at radius 3 is 2.44 bits per heavy atom. The van der Waals surface area contributed by atoms with E-state index in [1.165, 1.54) is 0 Å². The molecule has 2 rings (SSSR count). The van der Waals surface area contributed by atoms with E-state index in [0.29, 0.717) is 39.3 Å². The van der Waals surface area contributed by atoms with E-state index in [2.05, 4.69) is 5.32 Å². The second-order valence-electron chi connectivity index (χ2n) is 5.66. The number of amides is 1. The third-order valence-electron chi connectivity index (χ3n) is 3.82. The van der Waals surface area contributed by atoms with E-state index in [1.54, 1.807) is 0 Å². The Bertz CT molecular complexity index is 552. The number of halogens is 1. The Morgan fingerprint density at radius 2 is 1.88 bits per heavy atom. The van der Waals surface area contributed by atoms with Crippen molar-refractivity contribution in [1.29, 1.82) is 0 Å². The molecule has 0 radical (unpaired) electrons. The van der Waals surface area contributed by atoms with Crippen LogP contribution in [0.5, 0.6) is 11.5 Å². The summed E-state index contributed by atoms with van der Waals surface area (Å²) in [5.41, 5.74) is 0. The zero-order chi connectivity index (χ0) is 17.4. The minimum Gasteiger partial charge on any atom is -0.494 e. The lowest BCUT2D eigenvalue weighted by atomic mass is 10.1. The number of carbonyl (C=O) groups excluding carboxylic acids is 1. The molecule has 0 aromatic heterocycles. The van der Waals surface area contributed by atoms with Crippen LogP contribution >= 0.6 is 12.4 Å². The second-order valence-corrected chi connectivity index (χ2v) is 5.66. The van der Waals surface area contributed by atoms with Gasteiger partial charge in [-0.05, 0) is 44.2 Å². The van der Waals surface area contributed by atoms with Gasteiger partial charge in [-0.2, -0.15) is 0 Å². The van der Waals surface area contributed by atoms with Gasteiger partial charge in [-0.15, -0.1) is 12.4 Å². The van der Waals surface area contributed by atoms with Gasteiger partial charge in [0.15, 0.2) is 0 Å². The van der Waals surface area contributed by atoms with Crippen LogP contribution in [-0.4, -0.2) is 61.3 Å². The SMILES string of the molecule is CCOc1ccc(OCCNC(=O)CN2CCC(C(=O)O)C2)cc1.Cl. The maximum absolute atomic E-state index is 11.8. The minimum absolute atomic E-state index is 0. The fraction of sp³-hybridized carbons (Fsp3) is 0.529. The number of nitrogens with one attached hydrogen (secondary N) is 1. The number of rotatable bonds is 9. The zero-order valence-electron chi connectivity index (χ0n) is 14.3. The molecule has 1 aliphatic heterocycles. The van der Waals surface area contributed by atoms with Gasteiger partial charge >= 0.3 is 5.97 Å². The van der Waals surface area contributed by atoms with E-state index < -0.39 is 5.97 Å². The molecule has 7 nitrogen and oxygen atoms in total. The van der Waals surface area contributed by atoms with Crippen LogP contribution in [0.15, 0.2) is 24.3 Å². The number of aliphatic carboxylic acids is 1. The molecule has 140 valence electrons. The van der Waals surface area contributed by atoms with Crippen LogP contribution in [-0.2, 0) is 9.59 Å². The molecule has 1 atom stereocenters. The molecular formula is C17H25ClN2O5. The van der Waals surface area contributed by atoms with Gasteiger partial charge < -0.3 is 19.9 Å². The molecule has 1 amide bonds. The quantitative estimate of drug-likeness (QED) is 0.637. The van der Waals surface area contributed by atoms with E-state index in [9.17, 15) is 9.59 Å². The first-order valence-corrected chi connectivity index (χ1v) is 8.16. The van der Waals surface area contributed by atoms with Gasteiger partial charge in [0.05, 0.1) is 25.6 Å². The largest absolute Gasteiger partial charge is 0.494 e. The molecule has 1 fully saturated rings. The fourth-order valence-electron chi connectivity index (χ4n) is 2.59. The van der Waals surface area contributed by atoms with Crippen molar-refractivity contribution < 1.29 is 24.2 Å². The molecule has 1 unspecified atom stereocenters. The molecule has 0 spiro atoms.